The highest BCUT2D eigenvalue weighted by molar-refractivity contribution is 6.39. The maximum absolute atomic E-state index is 12.4. The van der Waals surface area contributed by atoms with Gasteiger partial charge in [0.25, 0.3) is 0 Å². The summed E-state index contributed by atoms with van der Waals surface area (Å²) < 4.78 is 0. The number of aliphatic hydroxyl groups is 1. The van der Waals surface area contributed by atoms with Gasteiger partial charge < -0.3 is 20.6 Å². The Bertz CT molecular complexity index is 1000. The first kappa shape index (κ1) is 21.1. The van der Waals surface area contributed by atoms with Gasteiger partial charge in [0, 0.05) is 24.3 Å². The number of nitrogens with zero attached hydrogens (tertiary/aromatic N) is 1. The van der Waals surface area contributed by atoms with Crippen LogP contribution < -0.4 is 15.5 Å². The lowest BCUT2D eigenvalue weighted by atomic mass is 9.88. The summed E-state index contributed by atoms with van der Waals surface area (Å²) in [5, 5.41) is 16.4. The summed E-state index contributed by atoms with van der Waals surface area (Å²) in [6.45, 7) is 2.52. The van der Waals surface area contributed by atoms with Crippen LogP contribution in [0.2, 0.25) is 0 Å². The Kier molecular flexibility index (Phi) is 5.78. The van der Waals surface area contributed by atoms with Gasteiger partial charge in [0.05, 0.1) is 6.54 Å². The maximum atomic E-state index is 12.4. The average molecular weight is 421 g/mol. The van der Waals surface area contributed by atoms with E-state index >= 15 is 0 Å². The van der Waals surface area contributed by atoms with Crippen LogP contribution in [0.15, 0.2) is 48.5 Å². The first-order chi connectivity index (χ1) is 14.9. The molecule has 0 bridgehead atoms. The third kappa shape index (κ3) is 4.46. The summed E-state index contributed by atoms with van der Waals surface area (Å²) in [6.07, 6.45) is 3.09. The zero-order valence-corrected chi connectivity index (χ0v) is 17.6. The molecule has 1 aliphatic carbocycles. The number of hydrogen-bond donors (Lipinski definition) is 3. The molecule has 1 saturated carbocycles. The van der Waals surface area contributed by atoms with Crippen LogP contribution in [-0.4, -0.2) is 35.9 Å². The average Bonchev–Trinajstić information content (AvgIpc) is 3.55. The lowest BCUT2D eigenvalue weighted by molar-refractivity contribution is -0.137. The standard InChI is InChI=1S/C24H27N3O4/c1-16-9-12-19(14-20(16)27-13-5-8-21(27)28)26-23(30)22(29)25-15-24(31,18-10-11-18)17-6-3-2-4-7-17/h2-4,6-7,9,12,14,18,31H,5,8,10-11,13,15H2,1H3,(H,25,29)(H,26,30). The number of aryl methyl sites for hydroxylation is 1. The molecule has 1 unspecified atom stereocenters. The largest absolute Gasteiger partial charge is 0.383 e. The van der Waals surface area contributed by atoms with Gasteiger partial charge in [0.1, 0.15) is 5.60 Å². The smallest absolute Gasteiger partial charge is 0.313 e. The molecule has 2 aromatic rings. The van der Waals surface area contributed by atoms with E-state index in [9.17, 15) is 19.5 Å². The fourth-order valence-corrected chi connectivity index (χ4v) is 4.13. The van der Waals surface area contributed by atoms with Crippen molar-refractivity contribution in [2.24, 2.45) is 5.92 Å². The van der Waals surface area contributed by atoms with Crippen LogP contribution in [0, 0.1) is 12.8 Å². The molecule has 2 aliphatic rings. The number of carbonyl (C=O) groups excluding carboxylic acids is 3. The van der Waals surface area contributed by atoms with Gasteiger partial charge in [-0.3, -0.25) is 14.4 Å². The molecule has 1 heterocycles. The molecule has 7 heteroatoms. The fraction of sp³-hybridized carbons (Fsp3) is 0.375. The molecule has 2 aromatic carbocycles. The summed E-state index contributed by atoms with van der Waals surface area (Å²) in [5.41, 5.74) is 1.66. The van der Waals surface area contributed by atoms with Crippen LogP contribution >= 0.6 is 0 Å². The second kappa shape index (κ2) is 8.51. The number of anilines is 2. The minimum Gasteiger partial charge on any atom is -0.383 e. The maximum Gasteiger partial charge on any atom is 0.313 e. The van der Waals surface area contributed by atoms with E-state index in [1.165, 1.54) is 0 Å². The van der Waals surface area contributed by atoms with Gasteiger partial charge in [-0.2, -0.15) is 0 Å². The SMILES string of the molecule is Cc1ccc(NC(=O)C(=O)NCC(O)(c2ccccc2)C2CC2)cc1N1CCCC1=O. The van der Waals surface area contributed by atoms with Gasteiger partial charge in [-0.25, -0.2) is 0 Å². The molecular formula is C24H27N3O4. The predicted molar refractivity (Wildman–Crippen MR) is 117 cm³/mol. The van der Waals surface area contributed by atoms with E-state index in [2.05, 4.69) is 10.6 Å². The Balaban J connectivity index is 1.41. The van der Waals surface area contributed by atoms with Crippen LogP contribution in [0.25, 0.3) is 0 Å². The quantitative estimate of drug-likeness (QED) is 0.624. The predicted octanol–water partition coefficient (Wildman–Crippen LogP) is 2.47. The van der Waals surface area contributed by atoms with Crippen molar-refractivity contribution >= 4 is 29.1 Å². The van der Waals surface area contributed by atoms with Crippen LogP contribution in [0.3, 0.4) is 0 Å². The molecule has 0 spiro atoms. The van der Waals surface area contributed by atoms with Crippen molar-refractivity contribution in [2.75, 3.05) is 23.3 Å². The molecular weight excluding hydrogens is 394 g/mol. The zero-order chi connectivity index (χ0) is 22.0. The number of rotatable bonds is 6. The van der Waals surface area contributed by atoms with Crippen LogP contribution in [0.4, 0.5) is 11.4 Å². The van der Waals surface area contributed by atoms with Crippen LogP contribution in [0.5, 0.6) is 0 Å². The molecule has 0 aromatic heterocycles. The molecule has 1 aliphatic heterocycles. The molecule has 1 atom stereocenters. The highest BCUT2D eigenvalue weighted by Crippen LogP contribution is 2.45. The molecule has 7 nitrogen and oxygen atoms in total. The van der Waals surface area contributed by atoms with E-state index < -0.39 is 17.4 Å². The van der Waals surface area contributed by atoms with Gasteiger partial charge in [-0.05, 0) is 55.4 Å². The van der Waals surface area contributed by atoms with E-state index in [1.54, 1.807) is 17.0 Å². The number of nitrogens with one attached hydrogen (secondary N) is 2. The van der Waals surface area contributed by atoms with E-state index in [-0.39, 0.29) is 18.4 Å². The normalized spacial score (nSPS) is 17.9. The molecule has 0 radical (unpaired) electrons. The lowest BCUT2D eigenvalue weighted by Crippen LogP contribution is -2.45. The fourth-order valence-electron chi connectivity index (χ4n) is 4.13. The van der Waals surface area contributed by atoms with E-state index in [0.29, 0.717) is 18.7 Å². The molecule has 31 heavy (non-hydrogen) atoms. The second-order valence-corrected chi connectivity index (χ2v) is 8.35. The number of carbonyl (C=O) groups is 3. The first-order valence-corrected chi connectivity index (χ1v) is 10.7. The Morgan fingerprint density at radius 2 is 1.87 bits per heavy atom. The Labute approximate surface area is 181 Å². The molecule has 162 valence electrons. The Morgan fingerprint density at radius 1 is 1.13 bits per heavy atom. The highest BCUT2D eigenvalue weighted by atomic mass is 16.3. The molecule has 3 N–H and O–H groups in total. The van der Waals surface area contributed by atoms with Crippen molar-refractivity contribution in [2.45, 2.75) is 38.2 Å². The molecule has 1 saturated heterocycles. The van der Waals surface area contributed by atoms with Crippen molar-refractivity contribution in [3.8, 4) is 0 Å². The monoisotopic (exact) mass is 421 g/mol. The third-order valence-corrected chi connectivity index (χ3v) is 6.08. The van der Waals surface area contributed by atoms with E-state index in [1.807, 2.05) is 43.3 Å². The van der Waals surface area contributed by atoms with Crippen molar-refractivity contribution in [1.29, 1.82) is 0 Å². The summed E-state index contributed by atoms with van der Waals surface area (Å²) in [6, 6.07) is 14.5. The Hall–Kier alpha value is -3.19. The number of hydrogen-bond acceptors (Lipinski definition) is 4. The lowest BCUT2D eigenvalue weighted by Gasteiger charge is -2.29. The number of benzene rings is 2. The van der Waals surface area contributed by atoms with Crippen molar-refractivity contribution in [3.05, 3.63) is 59.7 Å². The van der Waals surface area contributed by atoms with Gasteiger partial charge in [0.2, 0.25) is 5.91 Å². The van der Waals surface area contributed by atoms with Gasteiger partial charge in [0.15, 0.2) is 0 Å². The summed E-state index contributed by atoms with van der Waals surface area (Å²) in [4.78, 5) is 38.7. The van der Waals surface area contributed by atoms with Crippen molar-refractivity contribution < 1.29 is 19.5 Å². The van der Waals surface area contributed by atoms with Gasteiger partial charge in [-0.1, -0.05) is 36.4 Å². The molecule has 3 amide bonds. The van der Waals surface area contributed by atoms with Crippen LogP contribution in [0.1, 0.15) is 36.8 Å². The second-order valence-electron chi connectivity index (χ2n) is 8.35. The molecule has 2 fully saturated rings. The van der Waals surface area contributed by atoms with Gasteiger partial charge >= 0.3 is 11.8 Å². The zero-order valence-electron chi connectivity index (χ0n) is 17.6. The first-order valence-electron chi connectivity index (χ1n) is 10.7. The number of amides is 3. The van der Waals surface area contributed by atoms with Crippen molar-refractivity contribution in [1.82, 2.24) is 5.32 Å². The topological polar surface area (TPSA) is 98.7 Å². The van der Waals surface area contributed by atoms with Crippen molar-refractivity contribution in [3.63, 3.8) is 0 Å². The summed E-state index contributed by atoms with van der Waals surface area (Å²) >= 11 is 0. The summed E-state index contributed by atoms with van der Waals surface area (Å²) in [7, 11) is 0. The highest BCUT2D eigenvalue weighted by Gasteiger charge is 2.45. The van der Waals surface area contributed by atoms with E-state index in [0.717, 1.165) is 36.1 Å². The minimum atomic E-state index is -1.19. The third-order valence-electron chi connectivity index (χ3n) is 6.08. The molecule has 4 rings (SSSR count). The van der Waals surface area contributed by atoms with E-state index in [4.69, 9.17) is 0 Å². The Morgan fingerprint density at radius 3 is 2.52 bits per heavy atom. The van der Waals surface area contributed by atoms with Gasteiger partial charge in [-0.15, -0.1) is 0 Å². The van der Waals surface area contributed by atoms with Crippen LogP contribution in [-0.2, 0) is 20.0 Å². The summed E-state index contributed by atoms with van der Waals surface area (Å²) in [5.74, 6) is -1.50. The minimum absolute atomic E-state index is 0.0324.